The Hall–Kier alpha value is -10.3. The number of nitrogens with two attached hydrogens (primary N) is 1. The van der Waals surface area contributed by atoms with Crippen molar-refractivity contribution in [2.24, 2.45) is 16.2 Å². The number of hydrogen-bond acceptors (Lipinski definition) is 10. The van der Waals surface area contributed by atoms with Gasteiger partial charge in [0.1, 0.15) is 17.5 Å². The topological polar surface area (TPSA) is 262 Å². The third kappa shape index (κ3) is 21.4. The number of carboxylic acid groups (broad SMARTS) is 1. The highest BCUT2D eigenvalue weighted by Crippen LogP contribution is 2.33. The molecule has 0 radical (unpaired) electrons. The first-order valence-corrected chi connectivity index (χ1v) is 37.4. The van der Waals surface area contributed by atoms with Gasteiger partial charge in [-0.3, -0.25) is 24.0 Å². The number of aryl methyl sites for hydroxylation is 3. The number of fused-ring (bicyclic) bond motifs is 3. The third-order valence-electron chi connectivity index (χ3n) is 17.3. The fourth-order valence-electron chi connectivity index (χ4n) is 11.3. The van der Waals surface area contributed by atoms with Crippen molar-refractivity contribution < 1.29 is 33.9 Å². The lowest BCUT2D eigenvalue weighted by Gasteiger charge is -2.18. The van der Waals surface area contributed by atoms with Crippen molar-refractivity contribution in [3.05, 3.63) is 246 Å². The van der Waals surface area contributed by atoms with Crippen molar-refractivity contribution in [1.82, 2.24) is 44.6 Å². The molecule has 0 saturated carbocycles. The molecule has 0 fully saturated rings. The van der Waals surface area contributed by atoms with E-state index in [4.69, 9.17) is 90.4 Å². The standard InChI is InChI=1S/2C28H28Cl2N4O2.C15H14ClN3.C13H16ClNO3/c2*1-5-34-24-13-11-20(15-23(24)33-25(34)18-7-9-19(29)10-8-18)32-26(35)21-14-17(6-12-22(21)30)16-31-27(36)28(2,3)4;1-2-19-14-8-7-12(17)9-13(14)18-15(19)10-3-5-11(16)6-4-10;1-13(2,3)12(18)15-7-8-4-5-10(14)9(6-8)11(16)17/h2*6-15H,5,16H2,1-4H3,(H,31,36)(H,32,35);3-9H,2,17H2,1H3;4-6H,7H2,1-3H3,(H,15,18)(H,16,17). The number of nitrogens with zero attached hydrogens (tertiary/aromatic N) is 6. The van der Waals surface area contributed by atoms with Gasteiger partial charge in [0.15, 0.2) is 0 Å². The summed E-state index contributed by atoms with van der Waals surface area (Å²) < 4.78 is 6.42. The van der Waals surface area contributed by atoms with E-state index in [9.17, 15) is 28.8 Å². The van der Waals surface area contributed by atoms with Crippen LogP contribution in [0.15, 0.2) is 182 Å². The molecule has 9 aromatic carbocycles. The zero-order valence-corrected chi connectivity index (χ0v) is 67.0. The Morgan fingerprint density at radius 2 is 0.661 bits per heavy atom. The number of imidazole rings is 3. The number of benzene rings is 9. The number of halogens is 6. The Labute approximate surface area is 663 Å². The molecule has 0 aliphatic carbocycles. The summed E-state index contributed by atoms with van der Waals surface area (Å²) in [5.41, 5.74) is 17.8. The molecule has 5 amide bonds. The first-order valence-electron chi connectivity index (χ1n) is 35.1. The molecular formula is C84H86Cl6N12O7. The van der Waals surface area contributed by atoms with Gasteiger partial charge in [0.25, 0.3) is 11.8 Å². The van der Waals surface area contributed by atoms with Gasteiger partial charge in [-0.05, 0) is 201 Å². The van der Waals surface area contributed by atoms with Gasteiger partial charge in [-0.25, -0.2) is 19.7 Å². The highest BCUT2D eigenvalue weighted by Gasteiger charge is 2.25. The summed E-state index contributed by atoms with van der Waals surface area (Å²) in [4.78, 5) is 87.4. The number of nitrogens with one attached hydrogen (secondary N) is 5. The van der Waals surface area contributed by atoms with E-state index in [0.29, 0.717) is 61.2 Å². The third-order valence-corrected chi connectivity index (χ3v) is 19.0. The molecular weight excluding hydrogens is 1500 g/mol. The maximum Gasteiger partial charge on any atom is 0.337 e. The predicted octanol–water partition coefficient (Wildman–Crippen LogP) is 20.5. The van der Waals surface area contributed by atoms with Crippen LogP contribution in [0.25, 0.3) is 67.3 Å². The largest absolute Gasteiger partial charge is 0.478 e. The molecule has 25 heteroatoms. The highest BCUT2D eigenvalue weighted by molar-refractivity contribution is 6.35. The number of nitrogen functional groups attached to an aromatic ring is 1. The number of carbonyl (C=O) groups is 6. The molecule has 3 heterocycles. The van der Waals surface area contributed by atoms with Crippen LogP contribution in [0.2, 0.25) is 30.1 Å². The monoisotopic (exact) mass is 1580 g/mol. The minimum Gasteiger partial charge on any atom is -0.478 e. The molecule has 109 heavy (non-hydrogen) atoms. The van der Waals surface area contributed by atoms with E-state index in [1.807, 2.05) is 190 Å². The number of amides is 5. The van der Waals surface area contributed by atoms with Crippen LogP contribution in [0, 0.1) is 16.2 Å². The average Bonchev–Trinajstić information content (AvgIpc) is 1.65. The van der Waals surface area contributed by atoms with Gasteiger partial charge in [-0.1, -0.05) is 150 Å². The normalized spacial score (nSPS) is 11.4. The number of aromatic carboxylic acids is 1. The van der Waals surface area contributed by atoms with Crippen molar-refractivity contribution in [1.29, 1.82) is 0 Å². The van der Waals surface area contributed by atoms with Gasteiger partial charge in [0.05, 0.1) is 64.9 Å². The summed E-state index contributed by atoms with van der Waals surface area (Å²) in [6.45, 7) is 26.0. The van der Waals surface area contributed by atoms with E-state index >= 15 is 0 Å². The second kappa shape index (κ2) is 35.9. The number of aromatic nitrogens is 6. The number of carbonyl (C=O) groups excluding carboxylic acids is 5. The molecule has 0 saturated heterocycles. The number of hydrogen-bond donors (Lipinski definition) is 7. The van der Waals surface area contributed by atoms with Gasteiger partial charge in [-0.2, -0.15) is 0 Å². The molecule has 0 spiro atoms. The maximum atomic E-state index is 13.1. The first kappa shape index (κ1) is 82.8. The fourth-order valence-corrected chi connectivity index (χ4v) is 12.3. The molecule has 0 aliphatic heterocycles. The molecule has 0 bridgehead atoms. The minimum absolute atomic E-state index is 0.0409. The summed E-state index contributed by atoms with van der Waals surface area (Å²) in [5.74, 6) is 0.634. The molecule has 12 rings (SSSR count). The van der Waals surface area contributed by atoms with E-state index in [2.05, 4.69) is 66.0 Å². The van der Waals surface area contributed by atoms with E-state index in [1.165, 1.54) is 12.1 Å². The zero-order valence-electron chi connectivity index (χ0n) is 62.5. The van der Waals surface area contributed by atoms with Crippen molar-refractivity contribution in [3.63, 3.8) is 0 Å². The smallest absolute Gasteiger partial charge is 0.337 e. The highest BCUT2D eigenvalue weighted by atomic mass is 35.5. The lowest BCUT2D eigenvalue weighted by Crippen LogP contribution is -2.34. The van der Waals surface area contributed by atoms with Gasteiger partial charge < -0.3 is 51.1 Å². The second-order valence-electron chi connectivity index (χ2n) is 28.7. The number of anilines is 3. The van der Waals surface area contributed by atoms with Crippen LogP contribution in [-0.4, -0.2) is 69.3 Å². The molecule has 12 aromatic rings. The van der Waals surface area contributed by atoms with E-state index in [1.54, 1.807) is 42.5 Å². The summed E-state index contributed by atoms with van der Waals surface area (Å²) in [6, 6.07) is 55.0. The van der Waals surface area contributed by atoms with Crippen LogP contribution < -0.4 is 32.3 Å². The Morgan fingerprint density at radius 3 is 0.954 bits per heavy atom. The van der Waals surface area contributed by atoms with Crippen LogP contribution in [0.1, 0.15) is 131 Å². The summed E-state index contributed by atoms with van der Waals surface area (Å²) >= 11 is 36.5. The fraction of sp³-hybridized carbons (Fsp3) is 0.250. The van der Waals surface area contributed by atoms with Crippen LogP contribution in [0.3, 0.4) is 0 Å². The molecule has 0 atom stereocenters. The Bertz CT molecular complexity index is 5120. The molecule has 8 N–H and O–H groups in total. The second-order valence-corrected chi connectivity index (χ2v) is 31.2. The summed E-state index contributed by atoms with van der Waals surface area (Å²) in [6.07, 6.45) is 0. The molecule has 566 valence electrons. The maximum absolute atomic E-state index is 13.1. The Morgan fingerprint density at radius 1 is 0.376 bits per heavy atom. The summed E-state index contributed by atoms with van der Waals surface area (Å²) in [5, 5.41) is 26.2. The average molecular weight is 1590 g/mol. The van der Waals surface area contributed by atoms with Gasteiger partial charge in [0.2, 0.25) is 17.7 Å². The van der Waals surface area contributed by atoms with Gasteiger partial charge >= 0.3 is 5.97 Å². The Balaban J connectivity index is 0.000000175. The number of carboxylic acids is 1. The summed E-state index contributed by atoms with van der Waals surface area (Å²) in [7, 11) is 0. The van der Waals surface area contributed by atoms with E-state index in [0.717, 1.165) is 109 Å². The van der Waals surface area contributed by atoms with Crippen molar-refractivity contribution in [2.45, 2.75) is 122 Å². The van der Waals surface area contributed by atoms with Crippen LogP contribution in [0.5, 0.6) is 0 Å². The van der Waals surface area contributed by atoms with Crippen molar-refractivity contribution in [2.75, 3.05) is 16.4 Å². The zero-order chi connectivity index (χ0) is 79.4. The first-order chi connectivity index (χ1) is 51.5. The van der Waals surface area contributed by atoms with E-state index < -0.39 is 22.2 Å². The number of rotatable bonds is 17. The Kier molecular flexibility index (Phi) is 27.2. The van der Waals surface area contributed by atoms with Crippen LogP contribution in [-0.2, 0) is 53.7 Å². The van der Waals surface area contributed by atoms with Gasteiger partial charge in [0, 0.05) is 104 Å². The molecule has 19 nitrogen and oxygen atoms in total. The van der Waals surface area contributed by atoms with Crippen LogP contribution >= 0.6 is 69.6 Å². The quantitative estimate of drug-likeness (QED) is 0.0422. The lowest BCUT2D eigenvalue weighted by atomic mass is 9.95. The molecule has 0 aliphatic rings. The lowest BCUT2D eigenvalue weighted by molar-refractivity contribution is -0.129. The molecule has 3 aromatic heterocycles. The van der Waals surface area contributed by atoms with Crippen molar-refractivity contribution in [3.8, 4) is 34.2 Å². The van der Waals surface area contributed by atoms with Crippen LogP contribution in [0.4, 0.5) is 17.1 Å². The predicted molar refractivity (Wildman–Crippen MR) is 443 cm³/mol. The molecule has 0 unspecified atom stereocenters. The van der Waals surface area contributed by atoms with Gasteiger partial charge in [-0.15, -0.1) is 0 Å². The van der Waals surface area contributed by atoms with Crippen molar-refractivity contribution >= 4 is 155 Å². The SMILES string of the molecule is CC(C)(C)C(=O)NCc1ccc(Cl)c(C(=O)O)c1.CCn1c(-c2ccc(Cl)cc2)nc2cc(N)ccc21.CCn1c(-c2ccc(Cl)cc2)nc2cc(NC(=O)c3cc(CNC(=O)C(C)(C)C)ccc3Cl)ccc21.CCn1c(-c2ccc(Cl)cc2)nc2cc(NC(=O)c3cc(CNC(=O)C(C)(C)C)ccc3Cl)ccc21. The van der Waals surface area contributed by atoms with E-state index in [-0.39, 0.29) is 46.7 Å². The minimum atomic E-state index is -1.08.